The van der Waals surface area contributed by atoms with E-state index in [-0.39, 0.29) is 12.5 Å². The molecular weight excluding hydrogens is 426 g/mol. The molecular formula is C24H29N3O4S. The lowest BCUT2D eigenvalue weighted by Crippen LogP contribution is -2.40. The molecule has 32 heavy (non-hydrogen) atoms. The molecule has 0 aliphatic carbocycles. The van der Waals surface area contributed by atoms with Gasteiger partial charge < -0.3 is 14.2 Å². The van der Waals surface area contributed by atoms with Gasteiger partial charge in [0.05, 0.1) is 30.5 Å². The molecule has 7 nitrogen and oxygen atoms in total. The van der Waals surface area contributed by atoms with Crippen LogP contribution in [0.1, 0.15) is 12.0 Å². The molecule has 1 fully saturated rings. The number of thiazole rings is 1. The number of methoxy groups -OCH3 is 1. The average Bonchev–Trinajstić information content (AvgIpc) is 3.24. The summed E-state index contributed by atoms with van der Waals surface area (Å²) in [6.07, 6.45) is 0.856. The van der Waals surface area contributed by atoms with Gasteiger partial charge in [0.25, 0.3) is 5.91 Å². The normalized spacial score (nSPS) is 14.4. The van der Waals surface area contributed by atoms with E-state index >= 15 is 0 Å². The molecule has 2 heterocycles. The van der Waals surface area contributed by atoms with E-state index in [1.807, 2.05) is 49.4 Å². The number of hydrogen-bond acceptors (Lipinski definition) is 7. The molecule has 0 spiro atoms. The fraction of sp³-hybridized carbons (Fsp3) is 0.417. The second kappa shape index (κ2) is 10.8. The van der Waals surface area contributed by atoms with Crippen molar-refractivity contribution in [3.05, 3.63) is 48.0 Å². The highest BCUT2D eigenvalue weighted by molar-refractivity contribution is 7.22. The predicted molar refractivity (Wildman–Crippen MR) is 127 cm³/mol. The highest BCUT2D eigenvalue weighted by Gasteiger charge is 2.21. The van der Waals surface area contributed by atoms with E-state index in [4.69, 9.17) is 19.2 Å². The van der Waals surface area contributed by atoms with Gasteiger partial charge in [-0.2, -0.15) is 0 Å². The molecule has 0 unspecified atom stereocenters. The number of rotatable bonds is 9. The minimum absolute atomic E-state index is 0.0261. The third kappa shape index (κ3) is 5.56. The smallest absolute Gasteiger partial charge is 0.266 e. The minimum atomic E-state index is -0.0961. The molecule has 3 aromatic rings. The van der Waals surface area contributed by atoms with Crippen LogP contribution in [0.25, 0.3) is 10.2 Å². The molecule has 0 bridgehead atoms. The highest BCUT2D eigenvalue weighted by Crippen LogP contribution is 2.31. The van der Waals surface area contributed by atoms with E-state index in [9.17, 15) is 4.79 Å². The molecule has 4 rings (SSSR count). The maximum absolute atomic E-state index is 13.2. The first kappa shape index (κ1) is 22.5. The number of para-hydroxylation sites is 1. The lowest BCUT2D eigenvalue weighted by atomic mass is 10.2. The fourth-order valence-electron chi connectivity index (χ4n) is 3.68. The zero-order valence-corrected chi connectivity index (χ0v) is 19.4. The second-order valence-corrected chi connectivity index (χ2v) is 8.75. The lowest BCUT2D eigenvalue weighted by molar-refractivity contribution is -0.120. The molecule has 0 radical (unpaired) electrons. The van der Waals surface area contributed by atoms with Crippen LogP contribution in [0.5, 0.6) is 11.5 Å². The van der Waals surface area contributed by atoms with E-state index in [0.717, 1.165) is 66.5 Å². The first-order valence-corrected chi connectivity index (χ1v) is 11.7. The Kier molecular flexibility index (Phi) is 7.57. The van der Waals surface area contributed by atoms with Crippen molar-refractivity contribution in [1.29, 1.82) is 0 Å². The third-order valence-corrected chi connectivity index (χ3v) is 6.58. The summed E-state index contributed by atoms with van der Waals surface area (Å²) in [5.74, 6) is 1.38. The van der Waals surface area contributed by atoms with Crippen molar-refractivity contribution in [2.75, 3.05) is 58.0 Å². The summed E-state index contributed by atoms with van der Waals surface area (Å²) in [4.78, 5) is 22.1. The molecule has 0 saturated carbocycles. The Bertz CT molecular complexity index is 1050. The number of nitrogens with zero attached hydrogens (tertiary/aromatic N) is 3. The van der Waals surface area contributed by atoms with Crippen LogP contribution in [0, 0.1) is 6.92 Å². The number of aryl methyl sites for hydroxylation is 1. The Morgan fingerprint density at radius 1 is 1.22 bits per heavy atom. The fourth-order valence-corrected chi connectivity index (χ4v) is 4.67. The first-order chi connectivity index (χ1) is 15.6. The number of morpholine rings is 1. The number of amides is 1. The molecule has 0 atom stereocenters. The molecule has 8 heteroatoms. The summed E-state index contributed by atoms with van der Waals surface area (Å²) < 4.78 is 17.6. The van der Waals surface area contributed by atoms with Crippen molar-refractivity contribution in [2.24, 2.45) is 0 Å². The van der Waals surface area contributed by atoms with Crippen molar-refractivity contribution in [2.45, 2.75) is 13.3 Å². The van der Waals surface area contributed by atoms with Crippen LogP contribution in [0.15, 0.2) is 42.5 Å². The van der Waals surface area contributed by atoms with Crippen LogP contribution in [0.4, 0.5) is 5.13 Å². The summed E-state index contributed by atoms with van der Waals surface area (Å²) in [5.41, 5.74) is 1.83. The van der Waals surface area contributed by atoms with Crippen LogP contribution in [0.3, 0.4) is 0 Å². The maximum Gasteiger partial charge on any atom is 0.266 e. The zero-order valence-electron chi connectivity index (χ0n) is 18.6. The van der Waals surface area contributed by atoms with Crippen molar-refractivity contribution >= 4 is 32.6 Å². The number of ether oxygens (including phenoxy) is 3. The molecule has 1 aliphatic heterocycles. The molecule has 1 aromatic heterocycles. The van der Waals surface area contributed by atoms with Gasteiger partial charge in [0, 0.05) is 32.2 Å². The van der Waals surface area contributed by atoms with Gasteiger partial charge in [0.2, 0.25) is 0 Å². The van der Waals surface area contributed by atoms with Crippen molar-refractivity contribution in [1.82, 2.24) is 9.88 Å². The van der Waals surface area contributed by atoms with Crippen LogP contribution < -0.4 is 14.4 Å². The number of hydrogen-bond donors (Lipinski definition) is 0. The van der Waals surface area contributed by atoms with Crippen LogP contribution >= 0.6 is 11.3 Å². The van der Waals surface area contributed by atoms with Crippen molar-refractivity contribution in [3.8, 4) is 11.5 Å². The largest absolute Gasteiger partial charge is 0.497 e. The molecule has 170 valence electrons. The lowest BCUT2D eigenvalue weighted by Gasteiger charge is -2.27. The first-order valence-electron chi connectivity index (χ1n) is 10.9. The van der Waals surface area contributed by atoms with E-state index in [1.165, 1.54) is 11.3 Å². The number of anilines is 1. The van der Waals surface area contributed by atoms with Gasteiger partial charge in [-0.15, -0.1) is 0 Å². The molecule has 1 saturated heterocycles. The summed E-state index contributed by atoms with van der Waals surface area (Å²) in [6, 6.07) is 13.5. The quantitative estimate of drug-likeness (QED) is 0.490. The minimum Gasteiger partial charge on any atom is -0.497 e. The highest BCUT2D eigenvalue weighted by atomic mass is 32.1. The van der Waals surface area contributed by atoms with Gasteiger partial charge >= 0.3 is 0 Å². The van der Waals surface area contributed by atoms with Gasteiger partial charge in [-0.1, -0.05) is 29.5 Å². The number of fused-ring (bicyclic) bond motifs is 1. The van der Waals surface area contributed by atoms with Gasteiger partial charge in [-0.3, -0.25) is 14.6 Å². The Balaban J connectivity index is 1.48. The Morgan fingerprint density at radius 2 is 2.03 bits per heavy atom. The Hall–Kier alpha value is -2.68. The topological polar surface area (TPSA) is 64.1 Å². The number of aromatic nitrogens is 1. The molecule has 1 amide bonds. The standard InChI is InChI=1S/C24H29N3O4S/c1-18-6-3-4-7-21(18)31-17-23(28)27(11-5-10-26-12-14-30-15-13-26)24-25-20-16-19(29-2)8-9-22(20)32-24/h3-4,6-9,16H,5,10-15,17H2,1-2H3. The van der Waals surface area contributed by atoms with E-state index in [1.54, 1.807) is 12.0 Å². The van der Waals surface area contributed by atoms with E-state index in [2.05, 4.69) is 4.90 Å². The predicted octanol–water partition coefficient (Wildman–Crippen LogP) is 3.75. The number of carbonyl (C=O) groups is 1. The van der Waals surface area contributed by atoms with Gasteiger partial charge in [0.1, 0.15) is 11.5 Å². The SMILES string of the molecule is COc1ccc2sc(N(CCCN3CCOCC3)C(=O)COc3ccccc3C)nc2c1. The Labute approximate surface area is 192 Å². The second-order valence-electron chi connectivity index (χ2n) is 7.74. The number of benzene rings is 2. The van der Waals surface area contributed by atoms with Crippen molar-refractivity contribution in [3.63, 3.8) is 0 Å². The van der Waals surface area contributed by atoms with E-state index in [0.29, 0.717) is 11.7 Å². The molecule has 2 aromatic carbocycles. The van der Waals surface area contributed by atoms with Crippen LogP contribution in [-0.4, -0.2) is 68.9 Å². The zero-order chi connectivity index (χ0) is 22.3. The van der Waals surface area contributed by atoms with Crippen LogP contribution in [-0.2, 0) is 9.53 Å². The molecule has 0 N–H and O–H groups in total. The van der Waals surface area contributed by atoms with Gasteiger partial charge in [-0.05, 0) is 37.1 Å². The number of carbonyl (C=O) groups excluding carboxylic acids is 1. The van der Waals surface area contributed by atoms with E-state index < -0.39 is 0 Å². The third-order valence-electron chi connectivity index (χ3n) is 5.52. The summed E-state index contributed by atoms with van der Waals surface area (Å²) >= 11 is 1.51. The molecule has 1 aliphatic rings. The summed E-state index contributed by atoms with van der Waals surface area (Å²) in [7, 11) is 1.64. The summed E-state index contributed by atoms with van der Waals surface area (Å²) in [5, 5.41) is 0.689. The summed E-state index contributed by atoms with van der Waals surface area (Å²) in [6.45, 7) is 6.87. The van der Waals surface area contributed by atoms with Gasteiger partial charge in [0.15, 0.2) is 11.7 Å². The van der Waals surface area contributed by atoms with Crippen molar-refractivity contribution < 1.29 is 19.0 Å². The monoisotopic (exact) mass is 455 g/mol. The Morgan fingerprint density at radius 3 is 2.81 bits per heavy atom. The van der Waals surface area contributed by atoms with Crippen LogP contribution in [0.2, 0.25) is 0 Å². The maximum atomic E-state index is 13.2. The van der Waals surface area contributed by atoms with Gasteiger partial charge in [-0.25, -0.2) is 4.98 Å². The average molecular weight is 456 g/mol.